The lowest BCUT2D eigenvalue weighted by Crippen LogP contribution is -1.86. The van der Waals surface area contributed by atoms with Crippen LogP contribution in [0.2, 0.25) is 0 Å². The van der Waals surface area contributed by atoms with E-state index in [1.165, 1.54) is 22.7 Å². The Hall–Kier alpha value is -4.60. The number of rotatable bonds is 0. The van der Waals surface area contributed by atoms with Crippen molar-refractivity contribution in [3.63, 3.8) is 0 Å². The fourth-order valence-corrected chi connectivity index (χ4v) is 7.31. The number of hydrogen-bond acceptors (Lipinski definition) is 6. The van der Waals surface area contributed by atoms with Crippen LogP contribution in [-0.4, -0.2) is 9.97 Å². The fraction of sp³-hybridized carbons (Fsp3) is 0. The highest BCUT2D eigenvalue weighted by molar-refractivity contribution is 7.31. The van der Waals surface area contributed by atoms with Crippen molar-refractivity contribution in [1.82, 2.24) is 9.97 Å². The number of aromatic nitrogens is 2. The van der Waals surface area contributed by atoms with Crippen molar-refractivity contribution in [2.45, 2.75) is 0 Å². The van der Waals surface area contributed by atoms with Crippen molar-refractivity contribution in [2.24, 2.45) is 0 Å². The largest absolute Gasteiger partial charge is 0.271 e. The molecule has 4 heterocycles. The van der Waals surface area contributed by atoms with E-state index in [2.05, 4.69) is 19.7 Å². The molecule has 0 amide bonds. The third-order valence-corrected chi connectivity index (χ3v) is 8.09. The van der Waals surface area contributed by atoms with Gasteiger partial charge in [-0.25, -0.2) is 20.2 Å². The molecule has 0 fully saturated rings. The minimum absolute atomic E-state index is 0.0439. The number of allylic oxidation sites excluding steroid dienone is 2. The summed E-state index contributed by atoms with van der Waals surface area (Å²) >= 11 is 3.02. The lowest BCUT2D eigenvalue weighted by atomic mass is 10.1. The zero-order valence-corrected chi connectivity index (χ0v) is 17.6. The maximum absolute atomic E-state index is 9.59. The van der Waals surface area contributed by atoms with Crippen molar-refractivity contribution in [1.29, 1.82) is 10.5 Å². The highest BCUT2D eigenvalue weighted by Crippen LogP contribution is 2.60. The molecule has 4 aromatic heterocycles. The van der Waals surface area contributed by atoms with Gasteiger partial charge >= 0.3 is 0 Å². The van der Waals surface area contributed by atoms with Crippen LogP contribution in [0.5, 0.6) is 0 Å². The van der Waals surface area contributed by atoms with Crippen LogP contribution in [0.4, 0.5) is 0 Å². The Balaban J connectivity index is 1.79. The van der Waals surface area contributed by atoms with Gasteiger partial charge in [0.25, 0.3) is 11.4 Å². The molecule has 32 heavy (non-hydrogen) atoms. The summed E-state index contributed by atoms with van der Waals surface area (Å²) in [7, 11) is 0. The van der Waals surface area contributed by atoms with Crippen molar-refractivity contribution in [2.75, 3.05) is 0 Å². The zero-order valence-electron chi connectivity index (χ0n) is 16.0. The van der Waals surface area contributed by atoms with Crippen molar-refractivity contribution >= 4 is 43.2 Å². The first-order valence-electron chi connectivity index (χ1n) is 9.28. The van der Waals surface area contributed by atoms with E-state index >= 15 is 0 Å². The van der Waals surface area contributed by atoms with Crippen LogP contribution in [-0.2, 0) is 0 Å². The second kappa shape index (κ2) is 6.45. The minimum atomic E-state index is 0.0439. The van der Waals surface area contributed by atoms with Gasteiger partial charge in [-0.05, 0) is 23.3 Å². The van der Waals surface area contributed by atoms with Gasteiger partial charge in [0.15, 0.2) is 0 Å². The lowest BCUT2D eigenvalue weighted by Gasteiger charge is -2.02. The van der Waals surface area contributed by atoms with Gasteiger partial charge in [0.2, 0.25) is 0 Å². The van der Waals surface area contributed by atoms with E-state index in [4.69, 9.17) is 13.1 Å². The number of nitrogens with zero attached hydrogens (tertiary/aromatic N) is 6. The fourth-order valence-electron chi connectivity index (χ4n) is 4.32. The van der Waals surface area contributed by atoms with Crippen LogP contribution in [0.1, 0.15) is 20.9 Å². The van der Waals surface area contributed by atoms with Gasteiger partial charge in [-0.2, -0.15) is 0 Å². The van der Waals surface area contributed by atoms with E-state index in [1.54, 1.807) is 24.5 Å². The molecular weight excluding hydrogens is 436 g/mol. The highest BCUT2D eigenvalue weighted by Gasteiger charge is 2.38. The Bertz CT molecular complexity index is 1610. The molecule has 0 saturated heterocycles. The number of thiophene rings is 2. The van der Waals surface area contributed by atoms with Gasteiger partial charge in [-0.15, -0.1) is 22.7 Å². The van der Waals surface area contributed by atoms with Gasteiger partial charge in [0, 0.05) is 44.4 Å². The van der Waals surface area contributed by atoms with Gasteiger partial charge in [0.1, 0.15) is 0 Å². The molecule has 2 aliphatic carbocycles. The van der Waals surface area contributed by atoms with E-state index in [-0.39, 0.29) is 11.4 Å². The molecule has 0 radical (unpaired) electrons. The van der Waals surface area contributed by atoms with E-state index in [0.29, 0.717) is 11.1 Å². The van der Waals surface area contributed by atoms with Crippen molar-refractivity contribution < 1.29 is 0 Å². The number of fused-ring (bicyclic) bond motifs is 9. The first kappa shape index (κ1) is 18.2. The van der Waals surface area contributed by atoms with Crippen molar-refractivity contribution in [3.8, 4) is 34.7 Å². The molecule has 144 valence electrons. The Labute approximate surface area is 189 Å². The van der Waals surface area contributed by atoms with E-state index < -0.39 is 0 Å². The average molecular weight is 442 g/mol. The van der Waals surface area contributed by atoms with Gasteiger partial charge < -0.3 is 0 Å². The topological polar surface area (TPSA) is 82.1 Å². The first-order valence-corrected chi connectivity index (χ1v) is 10.9. The molecule has 0 atom stereocenters. The number of pyridine rings is 2. The van der Waals surface area contributed by atoms with Crippen LogP contribution in [0, 0.1) is 35.8 Å². The highest BCUT2D eigenvalue weighted by atomic mass is 32.1. The number of nitriles is 2. The normalized spacial score (nSPS) is 15.5. The minimum Gasteiger partial charge on any atom is -0.256 e. The molecule has 0 unspecified atom stereocenters. The standard InChI is InChI=1S/C24H6N6S2/c1-27-13(9-25)15-11-5-3-7-29-19(11)17-21(15)31-24-18-20-12(6-4-8-30-20)16(14(10-26)28-2)22(18)32-23(17)24/h3-8H/b15-13-,16-14+. The summed E-state index contributed by atoms with van der Waals surface area (Å²) in [5, 5.41) is 19.2. The Kier molecular flexibility index (Phi) is 3.66. The monoisotopic (exact) mass is 442 g/mol. The molecule has 0 aliphatic heterocycles. The SMILES string of the molecule is [C-]#[N+]/C(C#N)=C1/c2cccnc2-c2c1sc1c3c(sc21)/C(=C(\C#N)[N+]#[C-])c1cccnc1-3. The molecule has 0 aromatic carbocycles. The summed E-state index contributed by atoms with van der Waals surface area (Å²) in [6.45, 7) is 15.0. The molecule has 0 N–H and O–H groups in total. The molecule has 6 nitrogen and oxygen atoms in total. The van der Waals surface area contributed by atoms with Crippen LogP contribution < -0.4 is 0 Å². The third kappa shape index (κ3) is 2.07. The van der Waals surface area contributed by atoms with E-state index in [1.807, 2.05) is 24.3 Å². The Morgan fingerprint density at radius 3 is 1.59 bits per heavy atom. The number of hydrogen-bond donors (Lipinski definition) is 0. The van der Waals surface area contributed by atoms with Gasteiger partial charge in [0.05, 0.1) is 46.1 Å². The smallest absolute Gasteiger partial charge is 0.256 e. The van der Waals surface area contributed by atoms with E-state index in [0.717, 1.165) is 52.8 Å². The second-order valence-corrected chi connectivity index (χ2v) is 9.01. The predicted molar refractivity (Wildman–Crippen MR) is 123 cm³/mol. The molecule has 8 heteroatoms. The molecule has 0 spiro atoms. The van der Waals surface area contributed by atoms with Gasteiger partial charge in [-0.3, -0.25) is 9.97 Å². The lowest BCUT2D eigenvalue weighted by molar-refractivity contribution is 1.33. The maximum atomic E-state index is 9.59. The molecule has 0 saturated carbocycles. The third-order valence-electron chi connectivity index (χ3n) is 5.51. The molecule has 2 aliphatic rings. The average Bonchev–Trinajstić information content (AvgIpc) is 3.52. The van der Waals surface area contributed by atoms with Crippen LogP contribution in [0.3, 0.4) is 0 Å². The summed E-state index contributed by atoms with van der Waals surface area (Å²) in [6, 6.07) is 11.4. The quantitative estimate of drug-likeness (QED) is 0.210. The summed E-state index contributed by atoms with van der Waals surface area (Å²) < 4.78 is 1.95. The molecule has 4 aromatic rings. The molecule has 0 bridgehead atoms. The van der Waals surface area contributed by atoms with E-state index in [9.17, 15) is 10.5 Å². The zero-order chi connectivity index (χ0) is 22.0. The van der Waals surface area contributed by atoms with Crippen LogP contribution in [0.15, 0.2) is 48.1 Å². The summed E-state index contributed by atoms with van der Waals surface area (Å²) in [5.74, 6) is 0. The predicted octanol–water partition coefficient (Wildman–Crippen LogP) is 6.12. The Morgan fingerprint density at radius 2 is 1.22 bits per heavy atom. The van der Waals surface area contributed by atoms with Crippen molar-refractivity contribution in [3.05, 3.63) is 91.8 Å². The molecular formula is C24H6N6S2. The molecule has 6 rings (SSSR count). The summed E-state index contributed by atoms with van der Waals surface area (Å²) in [5.41, 5.74) is 6.21. The van der Waals surface area contributed by atoms with Crippen LogP contribution >= 0.6 is 22.7 Å². The summed E-state index contributed by atoms with van der Waals surface area (Å²) in [6.07, 6.45) is 3.41. The van der Waals surface area contributed by atoms with Gasteiger partial charge in [-0.1, -0.05) is 12.1 Å². The summed E-state index contributed by atoms with van der Waals surface area (Å²) in [4.78, 5) is 17.8. The second-order valence-electron chi connectivity index (χ2n) is 6.96. The van der Waals surface area contributed by atoms with Crippen LogP contribution in [0.25, 0.3) is 52.8 Å². The Morgan fingerprint density at radius 1 is 0.781 bits per heavy atom. The first-order chi connectivity index (χ1) is 15.7. The maximum Gasteiger partial charge on any atom is 0.271 e.